The van der Waals surface area contributed by atoms with Crippen molar-refractivity contribution in [2.75, 3.05) is 11.4 Å². The molecule has 0 aliphatic heterocycles. The largest absolute Gasteiger partial charge is 0.281 e. The van der Waals surface area contributed by atoms with Crippen LogP contribution >= 0.6 is 0 Å². The van der Waals surface area contributed by atoms with E-state index >= 15 is 0 Å². The average Bonchev–Trinajstić information content (AvgIpc) is 2.85. The fourth-order valence-corrected chi connectivity index (χ4v) is 2.93. The predicted octanol–water partition coefficient (Wildman–Crippen LogP) is 1.12. The summed E-state index contributed by atoms with van der Waals surface area (Å²) in [6, 6.07) is 9.75. The Balaban J connectivity index is 2.41. The van der Waals surface area contributed by atoms with Crippen LogP contribution in [0.1, 0.15) is 5.56 Å². The van der Waals surface area contributed by atoms with Gasteiger partial charge in [-0.2, -0.15) is 18.8 Å². The van der Waals surface area contributed by atoms with E-state index in [4.69, 9.17) is 5.26 Å². The summed E-state index contributed by atoms with van der Waals surface area (Å²) in [5, 5.41) is 12.7. The highest BCUT2D eigenvalue weighted by atomic mass is 32.2. The second-order valence-electron chi connectivity index (χ2n) is 3.92. The first-order valence-electron chi connectivity index (χ1n) is 5.44. The van der Waals surface area contributed by atoms with E-state index in [1.807, 2.05) is 6.07 Å². The Hall–Kier alpha value is -2.33. The lowest BCUT2D eigenvalue weighted by atomic mass is 10.2. The Labute approximate surface area is 111 Å². The van der Waals surface area contributed by atoms with E-state index in [1.165, 1.54) is 24.0 Å². The second-order valence-corrected chi connectivity index (χ2v) is 5.84. The first kappa shape index (κ1) is 13.1. The van der Waals surface area contributed by atoms with Gasteiger partial charge in [-0.1, -0.05) is 0 Å². The van der Waals surface area contributed by atoms with Crippen LogP contribution in [0.5, 0.6) is 0 Å². The molecule has 7 heteroatoms. The van der Waals surface area contributed by atoms with Gasteiger partial charge in [-0.05, 0) is 30.3 Å². The molecule has 98 valence electrons. The maximum Gasteiger partial charge on any atom is 0.281 e. The first-order chi connectivity index (χ1) is 8.96. The SMILES string of the molecule is CN(c1ccc(C#N)cc1)S(=O)(=O)c1ccnn1C. The third-order valence-corrected chi connectivity index (χ3v) is 4.62. The fraction of sp³-hybridized carbons (Fsp3) is 0.167. The summed E-state index contributed by atoms with van der Waals surface area (Å²) < 4.78 is 27.2. The maximum atomic E-state index is 12.4. The van der Waals surface area contributed by atoms with Crippen molar-refractivity contribution in [2.45, 2.75) is 5.03 Å². The van der Waals surface area contributed by atoms with Crippen LogP contribution in [0.2, 0.25) is 0 Å². The Morgan fingerprint density at radius 3 is 2.37 bits per heavy atom. The van der Waals surface area contributed by atoms with Crippen molar-refractivity contribution in [1.82, 2.24) is 9.78 Å². The molecule has 0 fully saturated rings. The number of benzene rings is 1. The van der Waals surface area contributed by atoms with E-state index < -0.39 is 10.0 Å². The second kappa shape index (κ2) is 4.74. The molecule has 0 atom stereocenters. The van der Waals surface area contributed by atoms with Crippen LogP contribution in [0, 0.1) is 11.3 Å². The molecule has 6 nitrogen and oxygen atoms in total. The molecule has 0 aliphatic carbocycles. The minimum absolute atomic E-state index is 0.111. The van der Waals surface area contributed by atoms with Gasteiger partial charge in [0.15, 0.2) is 5.03 Å². The quantitative estimate of drug-likeness (QED) is 0.841. The highest BCUT2D eigenvalue weighted by Gasteiger charge is 2.24. The smallest absolute Gasteiger partial charge is 0.268 e. The van der Waals surface area contributed by atoms with Gasteiger partial charge >= 0.3 is 0 Å². The summed E-state index contributed by atoms with van der Waals surface area (Å²) in [7, 11) is -0.617. The zero-order valence-corrected chi connectivity index (χ0v) is 11.3. The molecule has 2 aromatic rings. The zero-order chi connectivity index (χ0) is 14.0. The van der Waals surface area contributed by atoms with Gasteiger partial charge < -0.3 is 0 Å². The minimum Gasteiger partial charge on any atom is -0.268 e. The van der Waals surface area contributed by atoms with Crippen molar-refractivity contribution in [3.63, 3.8) is 0 Å². The Morgan fingerprint density at radius 1 is 1.26 bits per heavy atom. The van der Waals surface area contributed by atoms with Gasteiger partial charge in [-0.15, -0.1) is 0 Å². The van der Waals surface area contributed by atoms with Crippen LogP contribution in [0.25, 0.3) is 0 Å². The van der Waals surface area contributed by atoms with Gasteiger partial charge in [0.2, 0.25) is 0 Å². The molecule has 1 heterocycles. The normalized spacial score (nSPS) is 11.0. The fourth-order valence-electron chi connectivity index (χ4n) is 1.64. The molecule has 0 radical (unpaired) electrons. The van der Waals surface area contributed by atoms with Crippen LogP contribution in [0.15, 0.2) is 41.6 Å². The molecule has 0 saturated carbocycles. The van der Waals surface area contributed by atoms with Crippen LogP contribution in [0.4, 0.5) is 5.69 Å². The standard InChI is InChI=1S/C12H12N4O2S/c1-15-12(7-8-14-15)19(17,18)16(2)11-5-3-10(9-13)4-6-11/h3-8H,1-2H3. The van der Waals surface area contributed by atoms with Crippen molar-refractivity contribution in [3.8, 4) is 6.07 Å². The van der Waals surface area contributed by atoms with E-state index in [-0.39, 0.29) is 5.03 Å². The summed E-state index contributed by atoms with van der Waals surface area (Å²) in [6.45, 7) is 0. The molecule has 0 unspecified atom stereocenters. The lowest BCUT2D eigenvalue weighted by molar-refractivity contribution is 0.575. The molecule has 0 saturated heterocycles. The summed E-state index contributed by atoms with van der Waals surface area (Å²) in [6.07, 6.45) is 1.43. The van der Waals surface area contributed by atoms with Crippen molar-refractivity contribution in [3.05, 3.63) is 42.1 Å². The van der Waals surface area contributed by atoms with E-state index in [1.54, 1.807) is 31.3 Å². The number of anilines is 1. The number of aryl methyl sites for hydroxylation is 1. The number of hydrogen-bond acceptors (Lipinski definition) is 4. The van der Waals surface area contributed by atoms with Crippen LogP contribution < -0.4 is 4.31 Å². The van der Waals surface area contributed by atoms with Crippen LogP contribution in [-0.2, 0) is 17.1 Å². The molecule has 1 aromatic carbocycles. The number of sulfonamides is 1. The number of rotatable bonds is 3. The molecular weight excluding hydrogens is 264 g/mol. The molecule has 0 N–H and O–H groups in total. The number of nitrogens with zero attached hydrogens (tertiary/aromatic N) is 4. The van der Waals surface area contributed by atoms with Gasteiger partial charge in [-0.25, -0.2) is 0 Å². The molecule has 1 aromatic heterocycles. The lowest BCUT2D eigenvalue weighted by Gasteiger charge is -2.19. The molecule has 2 rings (SSSR count). The summed E-state index contributed by atoms with van der Waals surface area (Å²) >= 11 is 0. The van der Waals surface area contributed by atoms with Gasteiger partial charge in [0.1, 0.15) is 0 Å². The number of hydrogen-bond donors (Lipinski definition) is 0. The molecule has 19 heavy (non-hydrogen) atoms. The van der Waals surface area contributed by atoms with Gasteiger partial charge in [0.25, 0.3) is 10.0 Å². The molecular formula is C12H12N4O2S. The Kier molecular flexibility index (Phi) is 3.27. The summed E-state index contributed by atoms with van der Waals surface area (Å²) in [5.74, 6) is 0. The van der Waals surface area contributed by atoms with E-state index in [0.29, 0.717) is 11.3 Å². The maximum absolute atomic E-state index is 12.4. The number of aromatic nitrogens is 2. The summed E-state index contributed by atoms with van der Waals surface area (Å²) in [4.78, 5) is 0. The van der Waals surface area contributed by atoms with Crippen LogP contribution in [-0.4, -0.2) is 25.2 Å². The van der Waals surface area contributed by atoms with Gasteiger partial charge in [0.05, 0.1) is 23.5 Å². The molecule has 0 amide bonds. The van der Waals surface area contributed by atoms with Crippen molar-refractivity contribution in [2.24, 2.45) is 7.05 Å². The predicted molar refractivity (Wildman–Crippen MR) is 70.0 cm³/mol. The molecule has 0 aliphatic rings. The van der Waals surface area contributed by atoms with Crippen molar-refractivity contribution >= 4 is 15.7 Å². The average molecular weight is 276 g/mol. The lowest BCUT2D eigenvalue weighted by Crippen LogP contribution is -2.28. The molecule has 0 spiro atoms. The Bertz CT molecular complexity index is 726. The van der Waals surface area contributed by atoms with Crippen LogP contribution in [0.3, 0.4) is 0 Å². The van der Waals surface area contributed by atoms with E-state index in [2.05, 4.69) is 5.10 Å². The monoisotopic (exact) mass is 276 g/mol. The van der Waals surface area contributed by atoms with E-state index in [9.17, 15) is 8.42 Å². The zero-order valence-electron chi connectivity index (χ0n) is 10.5. The highest BCUT2D eigenvalue weighted by molar-refractivity contribution is 7.92. The van der Waals surface area contributed by atoms with Crippen molar-refractivity contribution < 1.29 is 8.42 Å². The summed E-state index contributed by atoms with van der Waals surface area (Å²) in [5.41, 5.74) is 0.968. The minimum atomic E-state index is -3.65. The first-order valence-corrected chi connectivity index (χ1v) is 6.88. The topological polar surface area (TPSA) is 79.0 Å². The Morgan fingerprint density at radius 2 is 1.89 bits per heavy atom. The van der Waals surface area contributed by atoms with Gasteiger partial charge in [-0.3, -0.25) is 8.99 Å². The number of nitriles is 1. The van der Waals surface area contributed by atoms with E-state index in [0.717, 1.165) is 4.31 Å². The third kappa shape index (κ3) is 2.30. The highest BCUT2D eigenvalue weighted by Crippen LogP contribution is 2.21. The third-order valence-electron chi connectivity index (χ3n) is 2.76. The molecule has 0 bridgehead atoms. The van der Waals surface area contributed by atoms with Gasteiger partial charge in [0, 0.05) is 14.1 Å². The van der Waals surface area contributed by atoms with Crippen molar-refractivity contribution in [1.29, 1.82) is 5.26 Å².